The summed E-state index contributed by atoms with van der Waals surface area (Å²) in [5, 5.41) is 6.14. The van der Waals surface area contributed by atoms with Crippen molar-refractivity contribution < 1.29 is 4.79 Å². The summed E-state index contributed by atoms with van der Waals surface area (Å²) < 4.78 is 0. The average Bonchev–Trinajstić information content (AvgIpc) is 2.32. The van der Waals surface area contributed by atoms with E-state index in [-0.39, 0.29) is 11.3 Å². The fourth-order valence-corrected chi connectivity index (χ4v) is 2.30. The molecule has 1 fully saturated rings. The lowest BCUT2D eigenvalue weighted by Gasteiger charge is -2.40. The lowest BCUT2D eigenvalue weighted by molar-refractivity contribution is -0.135. The van der Waals surface area contributed by atoms with Crippen LogP contribution in [0.15, 0.2) is 24.5 Å². The maximum atomic E-state index is 12.1. The molecule has 1 aromatic heterocycles. The molecule has 1 aliphatic carbocycles. The fraction of sp³-hybridized carbons (Fsp3) is 0.538. The van der Waals surface area contributed by atoms with Crippen LogP contribution in [0.5, 0.6) is 0 Å². The molecule has 1 amide bonds. The highest BCUT2D eigenvalue weighted by atomic mass is 16.2. The molecule has 0 unspecified atom stereocenters. The number of carbonyl (C=O) groups is 1. The first-order chi connectivity index (χ1) is 8.27. The number of amides is 1. The molecule has 0 radical (unpaired) electrons. The highest BCUT2D eigenvalue weighted by Gasteiger charge is 2.43. The van der Waals surface area contributed by atoms with Gasteiger partial charge in [-0.25, -0.2) is 0 Å². The highest BCUT2D eigenvalue weighted by Crippen LogP contribution is 2.40. The molecule has 2 N–H and O–H groups in total. The predicted molar refractivity (Wildman–Crippen MR) is 66.3 cm³/mol. The van der Waals surface area contributed by atoms with Crippen LogP contribution >= 0.6 is 0 Å². The number of nitrogens with zero attached hydrogens (tertiary/aromatic N) is 1. The minimum atomic E-state index is -0.165. The summed E-state index contributed by atoms with van der Waals surface area (Å²) in [5.74, 6) is 0.176. The van der Waals surface area contributed by atoms with Gasteiger partial charge in [0.05, 0.1) is 5.41 Å². The second kappa shape index (κ2) is 5.27. The van der Waals surface area contributed by atoms with E-state index in [0.29, 0.717) is 6.54 Å². The molecule has 0 atom stereocenters. The van der Waals surface area contributed by atoms with Crippen LogP contribution in [0.25, 0.3) is 0 Å². The van der Waals surface area contributed by atoms with Gasteiger partial charge in [0.15, 0.2) is 0 Å². The second-order valence-corrected chi connectivity index (χ2v) is 4.70. The first kappa shape index (κ1) is 12.0. The summed E-state index contributed by atoms with van der Waals surface area (Å²) in [6.45, 7) is 1.36. The number of hydrogen-bond donors (Lipinski definition) is 2. The molecule has 4 nitrogen and oxygen atoms in total. The summed E-state index contributed by atoms with van der Waals surface area (Å²) >= 11 is 0. The van der Waals surface area contributed by atoms with E-state index in [1.807, 2.05) is 19.2 Å². The minimum Gasteiger partial charge on any atom is -0.352 e. The van der Waals surface area contributed by atoms with Gasteiger partial charge in [0, 0.05) is 25.5 Å². The predicted octanol–water partition coefficient (Wildman–Crippen LogP) is 1.09. The van der Waals surface area contributed by atoms with Crippen LogP contribution in [-0.4, -0.2) is 24.5 Å². The smallest absolute Gasteiger partial charge is 0.227 e. The van der Waals surface area contributed by atoms with Gasteiger partial charge < -0.3 is 10.6 Å². The number of carbonyl (C=O) groups excluding carboxylic acids is 1. The number of aromatic nitrogens is 1. The zero-order valence-electron chi connectivity index (χ0n) is 10.2. The zero-order chi connectivity index (χ0) is 12.1. The van der Waals surface area contributed by atoms with Crippen LogP contribution < -0.4 is 10.6 Å². The Kier molecular flexibility index (Phi) is 3.74. The van der Waals surface area contributed by atoms with Crippen molar-refractivity contribution in [2.45, 2.75) is 25.8 Å². The molecule has 0 saturated heterocycles. The molecule has 4 heteroatoms. The van der Waals surface area contributed by atoms with Gasteiger partial charge in [-0.15, -0.1) is 0 Å². The number of pyridine rings is 1. The van der Waals surface area contributed by atoms with Crippen molar-refractivity contribution in [3.8, 4) is 0 Å². The molecule has 1 saturated carbocycles. The van der Waals surface area contributed by atoms with Gasteiger partial charge in [0.2, 0.25) is 5.91 Å². The maximum Gasteiger partial charge on any atom is 0.227 e. The van der Waals surface area contributed by atoms with Crippen molar-refractivity contribution in [2.75, 3.05) is 13.6 Å². The van der Waals surface area contributed by atoms with E-state index in [0.717, 1.165) is 31.4 Å². The summed E-state index contributed by atoms with van der Waals surface area (Å²) in [5.41, 5.74) is 0.925. The second-order valence-electron chi connectivity index (χ2n) is 4.70. The molecule has 2 rings (SSSR count). The van der Waals surface area contributed by atoms with E-state index >= 15 is 0 Å². The van der Waals surface area contributed by atoms with Crippen LogP contribution in [0.4, 0.5) is 0 Å². The van der Waals surface area contributed by atoms with E-state index in [1.165, 1.54) is 0 Å². The van der Waals surface area contributed by atoms with Crippen LogP contribution in [0, 0.1) is 5.41 Å². The molecule has 0 bridgehead atoms. The van der Waals surface area contributed by atoms with E-state index in [2.05, 4.69) is 15.6 Å². The Balaban J connectivity index is 1.88. The van der Waals surface area contributed by atoms with Crippen LogP contribution in [0.1, 0.15) is 24.8 Å². The van der Waals surface area contributed by atoms with Crippen molar-refractivity contribution in [1.29, 1.82) is 0 Å². The SMILES string of the molecule is CNCC1(C(=O)NCc2ccncc2)CCC1. The summed E-state index contributed by atoms with van der Waals surface area (Å²) in [6.07, 6.45) is 6.64. The van der Waals surface area contributed by atoms with E-state index in [9.17, 15) is 4.79 Å². The van der Waals surface area contributed by atoms with Gasteiger partial charge in [0.25, 0.3) is 0 Å². The number of hydrogen-bond acceptors (Lipinski definition) is 3. The topological polar surface area (TPSA) is 54.0 Å². The molecule has 92 valence electrons. The molecule has 0 spiro atoms. The number of rotatable bonds is 5. The third-order valence-electron chi connectivity index (χ3n) is 3.51. The lowest BCUT2D eigenvalue weighted by atomic mass is 9.68. The summed E-state index contributed by atoms with van der Waals surface area (Å²) in [7, 11) is 1.90. The first-order valence-corrected chi connectivity index (χ1v) is 6.09. The third kappa shape index (κ3) is 2.64. The van der Waals surface area contributed by atoms with Gasteiger partial charge in [-0.1, -0.05) is 6.42 Å². The average molecular weight is 233 g/mol. The van der Waals surface area contributed by atoms with Gasteiger partial charge in [-0.3, -0.25) is 9.78 Å². The molecule has 1 aromatic rings. The Labute approximate surface area is 102 Å². The molecule has 1 heterocycles. The monoisotopic (exact) mass is 233 g/mol. The molecule has 0 aromatic carbocycles. The van der Waals surface area contributed by atoms with Gasteiger partial charge in [-0.2, -0.15) is 0 Å². The lowest BCUT2D eigenvalue weighted by Crippen LogP contribution is -2.50. The Bertz CT molecular complexity index is 374. The molecule has 17 heavy (non-hydrogen) atoms. The van der Waals surface area contributed by atoms with Crippen LogP contribution in [0.2, 0.25) is 0 Å². The van der Waals surface area contributed by atoms with Crippen molar-refractivity contribution >= 4 is 5.91 Å². The Morgan fingerprint density at radius 2 is 2.12 bits per heavy atom. The van der Waals surface area contributed by atoms with Crippen LogP contribution in [0.3, 0.4) is 0 Å². The van der Waals surface area contributed by atoms with E-state index in [4.69, 9.17) is 0 Å². The Hall–Kier alpha value is -1.42. The van der Waals surface area contributed by atoms with Crippen molar-refractivity contribution in [3.05, 3.63) is 30.1 Å². The van der Waals surface area contributed by atoms with Crippen molar-refractivity contribution in [3.63, 3.8) is 0 Å². The minimum absolute atomic E-state index is 0.165. The summed E-state index contributed by atoms with van der Waals surface area (Å²) in [4.78, 5) is 16.1. The zero-order valence-corrected chi connectivity index (χ0v) is 10.2. The largest absolute Gasteiger partial charge is 0.352 e. The van der Waals surface area contributed by atoms with Gasteiger partial charge >= 0.3 is 0 Å². The maximum absolute atomic E-state index is 12.1. The summed E-state index contributed by atoms with van der Waals surface area (Å²) in [6, 6.07) is 3.84. The van der Waals surface area contributed by atoms with Gasteiger partial charge in [0.1, 0.15) is 0 Å². The Morgan fingerprint density at radius 1 is 1.41 bits per heavy atom. The normalized spacial score (nSPS) is 17.2. The quantitative estimate of drug-likeness (QED) is 0.800. The molecular weight excluding hydrogens is 214 g/mol. The van der Waals surface area contributed by atoms with Crippen molar-refractivity contribution in [1.82, 2.24) is 15.6 Å². The van der Waals surface area contributed by atoms with E-state index in [1.54, 1.807) is 12.4 Å². The van der Waals surface area contributed by atoms with Crippen molar-refractivity contribution in [2.24, 2.45) is 5.41 Å². The third-order valence-corrected chi connectivity index (χ3v) is 3.51. The van der Waals surface area contributed by atoms with E-state index < -0.39 is 0 Å². The first-order valence-electron chi connectivity index (χ1n) is 6.09. The van der Waals surface area contributed by atoms with Crippen LogP contribution in [-0.2, 0) is 11.3 Å². The molecular formula is C13H19N3O. The molecule has 0 aliphatic heterocycles. The Morgan fingerprint density at radius 3 is 2.65 bits per heavy atom. The standard InChI is InChI=1S/C13H19N3O/c1-14-10-13(5-2-6-13)12(17)16-9-11-3-7-15-8-4-11/h3-4,7-8,14H,2,5-6,9-10H2,1H3,(H,16,17). The van der Waals surface area contributed by atoms with Gasteiger partial charge in [-0.05, 0) is 37.6 Å². The fourth-order valence-electron chi connectivity index (χ4n) is 2.30. The number of nitrogens with one attached hydrogen (secondary N) is 2. The molecule has 1 aliphatic rings. The highest BCUT2D eigenvalue weighted by molar-refractivity contribution is 5.83.